The van der Waals surface area contributed by atoms with Gasteiger partial charge in [-0.25, -0.2) is 4.98 Å². The van der Waals surface area contributed by atoms with Crippen LogP contribution in [0, 0.1) is 6.92 Å². The Balaban J connectivity index is 1.41. The van der Waals surface area contributed by atoms with Gasteiger partial charge in [0.1, 0.15) is 11.4 Å². The van der Waals surface area contributed by atoms with Crippen molar-refractivity contribution in [3.05, 3.63) is 59.4 Å². The Morgan fingerprint density at radius 3 is 1.96 bits per heavy atom. The summed E-state index contributed by atoms with van der Waals surface area (Å²) in [5.41, 5.74) is 3.16. The summed E-state index contributed by atoms with van der Waals surface area (Å²) in [4.78, 5) is 35.8. The lowest BCUT2D eigenvalue weighted by molar-refractivity contribution is 0.0739. The zero-order valence-electron chi connectivity index (χ0n) is 16.3. The van der Waals surface area contributed by atoms with E-state index >= 15 is 0 Å². The molecule has 0 saturated carbocycles. The van der Waals surface area contributed by atoms with Gasteiger partial charge in [-0.2, -0.15) is 0 Å². The molecule has 28 heavy (non-hydrogen) atoms. The number of amides is 2. The molecule has 1 aromatic heterocycles. The number of nitrogens with zero attached hydrogens (tertiary/aromatic N) is 4. The maximum atomic E-state index is 12.9. The maximum Gasteiger partial charge on any atom is 0.272 e. The molecule has 2 amide bonds. The molecule has 2 aliphatic heterocycles. The van der Waals surface area contributed by atoms with E-state index in [0.29, 0.717) is 24.5 Å². The zero-order valence-corrected chi connectivity index (χ0v) is 16.3. The van der Waals surface area contributed by atoms with E-state index in [9.17, 15) is 9.59 Å². The lowest BCUT2D eigenvalue weighted by Gasteiger charge is -2.36. The molecule has 2 aliphatic rings. The first kappa shape index (κ1) is 18.5. The highest BCUT2D eigenvalue weighted by molar-refractivity contribution is 5.96. The van der Waals surface area contributed by atoms with E-state index in [1.54, 1.807) is 18.2 Å². The number of hydrogen-bond donors (Lipinski definition) is 0. The molecular weight excluding hydrogens is 352 g/mol. The molecule has 4 rings (SSSR count). The Hall–Kier alpha value is -2.89. The van der Waals surface area contributed by atoms with Crippen molar-refractivity contribution in [2.75, 3.05) is 44.2 Å². The molecule has 1 aromatic carbocycles. The standard InChI is InChI=1S/C22H26N4O2/c1-17-6-4-7-18(16-17)24-12-14-26(15-13-24)22(28)20-9-5-8-19(23-20)21(27)25-10-2-3-11-25/h4-9,16H,2-3,10-15H2,1H3. The maximum absolute atomic E-state index is 12.9. The molecule has 2 aromatic rings. The van der Waals surface area contributed by atoms with Crippen LogP contribution in [0.25, 0.3) is 0 Å². The number of carbonyl (C=O) groups is 2. The highest BCUT2D eigenvalue weighted by atomic mass is 16.2. The zero-order chi connectivity index (χ0) is 19.5. The average molecular weight is 378 g/mol. The van der Waals surface area contributed by atoms with E-state index < -0.39 is 0 Å². The Kier molecular flexibility index (Phi) is 5.28. The second-order valence-corrected chi connectivity index (χ2v) is 7.53. The van der Waals surface area contributed by atoms with E-state index in [0.717, 1.165) is 39.0 Å². The molecule has 0 unspecified atom stereocenters. The molecule has 2 fully saturated rings. The van der Waals surface area contributed by atoms with Crippen LogP contribution < -0.4 is 4.90 Å². The predicted octanol–water partition coefficient (Wildman–Crippen LogP) is 2.59. The van der Waals surface area contributed by atoms with Crippen LogP contribution in [-0.2, 0) is 0 Å². The molecule has 6 heteroatoms. The fourth-order valence-corrected chi connectivity index (χ4v) is 3.91. The normalized spacial score (nSPS) is 17.1. The van der Waals surface area contributed by atoms with Gasteiger partial charge in [0.2, 0.25) is 0 Å². The summed E-state index contributed by atoms with van der Waals surface area (Å²) in [7, 11) is 0. The van der Waals surface area contributed by atoms with Gasteiger partial charge in [0, 0.05) is 45.0 Å². The van der Waals surface area contributed by atoms with Crippen molar-refractivity contribution in [3.63, 3.8) is 0 Å². The molecular formula is C22H26N4O2. The molecule has 3 heterocycles. The Bertz CT molecular complexity index is 868. The number of rotatable bonds is 3. The first-order valence-corrected chi connectivity index (χ1v) is 9.99. The van der Waals surface area contributed by atoms with Crippen molar-refractivity contribution in [2.45, 2.75) is 19.8 Å². The molecule has 0 atom stereocenters. The lowest BCUT2D eigenvalue weighted by Crippen LogP contribution is -2.49. The highest BCUT2D eigenvalue weighted by Gasteiger charge is 2.25. The summed E-state index contributed by atoms with van der Waals surface area (Å²) in [6.07, 6.45) is 2.07. The molecule has 2 saturated heterocycles. The number of pyridine rings is 1. The van der Waals surface area contributed by atoms with Gasteiger partial charge in [0.25, 0.3) is 11.8 Å². The topological polar surface area (TPSA) is 56.8 Å². The summed E-state index contributed by atoms with van der Waals surface area (Å²) in [5.74, 6) is -0.170. The molecule has 0 bridgehead atoms. The van der Waals surface area contributed by atoms with Crippen molar-refractivity contribution >= 4 is 17.5 Å². The summed E-state index contributed by atoms with van der Waals surface area (Å²) < 4.78 is 0. The first-order valence-electron chi connectivity index (χ1n) is 9.99. The smallest absolute Gasteiger partial charge is 0.272 e. The Morgan fingerprint density at radius 2 is 1.36 bits per heavy atom. The van der Waals surface area contributed by atoms with Crippen LogP contribution in [-0.4, -0.2) is 65.9 Å². The quantitative estimate of drug-likeness (QED) is 0.824. The third kappa shape index (κ3) is 3.86. The van der Waals surface area contributed by atoms with E-state index in [1.165, 1.54) is 11.3 Å². The summed E-state index contributed by atoms with van der Waals surface area (Å²) in [6, 6.07) is 13.6. The van der Waals surface area contributed by atoms with Crippen LogP contribution in [0.3, 0.4) is 0 Å². The number of carbonyl (C=O) groups excluding carboxylic acids is 2. The fourth-order valence-electron chi connectivity index (χ4n) is 3.91. The van der Waals surface area contributed by atoms with E-state index in [2.05, 4.69) is 41.1 Å². The molecule has 6 nitrogen and oxygen atoms in total. The Labute approximate surface area is 165 Å². The van der Waals surface area contributed by atoms with Gasteiger partial charge in [-0.3, -0.25) is 9.59 Å². The number of hydrogen-bond acceptors (Lipinski definition) is 4. The van der Waals surface area contributed by atoms with Gasteiger partial charge in [0.05, 0.1) is 0 Å². The van der Waals surface area contributed by atoms with Crippen LogP contribution in [0.1, 0.15) is 39.4 Å². The number of benzene rings is 1. The van der Waals surface area contributed by atoms with Gasteiger partial charge in [-0.05, 0) is 49.6 Å². The predicted molar refractivity (Wildman–Crippen MR) is 109 cm³/mol. The van der Waals surface area contributed by atoms with Gasteiger partial charge in [0.15, 0.2) is 0 Å². The van der Waals surface area contributed by atoms with Gasteiger partial charge in [-0.1, -0.05) is 18.2 Å². The molecule has 0 spiro atoms. The largest absolute Gasteiger partial charge is 0.368 e. The third-order valence-electron chi connectivity index (χ3n) is 5.51. The van der Waals surface area contributed by atoms with E-state index in [4.69, 9.17) is 0 Å². The number of aromatic nitrogens is 1. The highest BCUT2D eigenvalue weighted by Crippen LogP contribution is 2.19. The molecule has 146 valence electrons. The second kappa shape index (κ2) is 8.00. The minimum Gasteiger partial charge on any atom is -0.368 e. The minimum atomic E-state index is -0.0973. The van der Waals surface area contributed by atoms with Crippen LogP contribution in [0.4, 0.5) is 5.69 Å². The van der Waals surface area contributed by atoms with E-state index in [-0.39, 0.29) is 11.8 Å². The van der Waals surface area contributed by atoms with Gasteiger partial charge >= 0.3 is 0 Å². The van der Waals surface area contributed by atoms with Crippen LogP contribution in [0.15, 0.2) is 42.5 Å². The van der Waals surface area contributed by atoms with Crippen molar-refractivity contribution in [2.24, 2.45) is 0 Å². The Morgan fingerprint density at radius 1 is 0.786 bits per heavy atom. The van der Waals surface area contributed by atoms with Crippen molar-refractivity contribution in [1.29, 1.82) is 0 Å². The first-order chi connectivity index (χ1) is 13.6. The van der Waals surface area contributed by atoms with Crippen LogP contribution in [0.5, 0.6) is 0 Å². The van der Waals surface area contributed by atoms with Crippen molar-refractivity contribution < 1.29 is 9.59 Å². The summed E-state index contributed by atoms with van der Waals surface area (Å²) in [6.45, 7) is 6.53. The minimum absolute atomic E-state index is 0.0728. The van der Waals surface area contributed by atoms with Crippen molar-refractivity contribution in [1.82, 2.24) is 14.8 Å². The van der Waals surface area contributed by atoms with Gasteiger partial charge in [-0.15, -0.1) is 0 Å². The summed E-state index contributed by atoms with van der Waals surface area (Å²) >= 11 is 0. The van der Waals surface area contributed by atoms with Crippen LogP contribution >= 0.6 is 0 Å². The SMILES string of the molecule is Cc1cccc(N2CCN(C(=O)c3cccc(C(=O)N4CCCC4)n3)CC2)c1. The van der Waals surface area contributed by atoms with Crippen molar-refractivity contribution in [3.8, 4) is 0 Å². The number of anilines is 1. The third-order valence-corrected chi connectivity index (χ3v) is 5.51. The molecule has 0 radical (unpaired) electrons. The van der Waals surface area contributed by atoms with E-state index in [1.807, 2.05) is 9.80 Å². The summed E-state index contributed by atoms with van der Waals surface area (Å²) in [5, 5.41) is 0. The van der Waals surface area contributed by atoms with Crippen LogP contribution in [0.2, 0.25) is 0 Å². The second-order valence-electron chi connectivity index (χ2n) is 7.53. The monoisotopic (exact) mass is 378 g/mol. The number of piperazine rings is 1. The molecule has 0 N–H and O–H groups in total. The lowest BCUT2D eigenvalue weighted by atomic mass is 10.2. The number of likely N-dealkylation sites (tertiary alicyclic amines) is 1. The average Bonchev–Trinajstić information content (AvgIpc) is 3.28. The van der Waals surface area contributed by atoms with Gasteiger partial charge < -0.3 is 14.7 Å². The number of aryl methyl sites for hydroxylation is 1. The fraction of sp³-hybridized carbons (Fsp3) is 0.409. The molecule has 0 aliphatic carbocycles.